The van der Waals surface area contributed by atoms with Gasteiger partial charge in [0.15, 0.2) is 0 Å². The molecule has 0 radical (unpaired) electrons. The molecule has 0 amide bonds. The van der Waals surface area contributed by atoms with Crippen molar-refractivity contribution in [3.63, 3.8) is 0 Å². The van der Waals surface area contributed by atoms with Gasteiger partial charge < -0.3 is 14.6 Å². The summed E-state index contributed by atoms with van der Waals surface area (Å²) in [6.45, 7) is 0.345. The van der Waals surface area contributed by atoms with Crippen LogP contribution in [0.4, 0.5) is 0 Å². The van der Waals surface area contributed by atoms with Gasteiger partial charge in [0.05, 0.1) is 19.6 Å². The molecule has 0 saturated heterocycles. The molecule has 1 atom stereocenters. The van der Waals surface area contributed by atoms with E-state index in [1.54, 1.807) is 31.4 Å². The second-order valence-electron chi connectivity index (χ2n) is 4.61. The lowest BCUT2D eigenvalue weighted by atomic mass is 9.96. The quantitative estimate of drug-likeness (QED) is 0.848. The minimum absolute atomic E-state index is 0.345. The minimum Gasteiger partial charge on any atom is -0.497 e. The molecule has 0 spiro atoms. The number of hydrogen-bond donors (Lipinski definition) is 1. The van der Waals surface area contributed by atoms with Gasteiger partial charge in [-0.3, -0.25) is 4.79 Å². The molecule has 1 N–H and O–H groups in total. The average molecular weight is 286 g/mol. The van der Waals surface area contributed by atoms with Crippen LogP contribution in [-0.4, -0.2) is 24.8 Å². The summed E-state index contributed by atoms with van der Waals surface area (Å²) in [6, 6.07) is 16.4. The molecule has 4 heteroatoms. The fourth-order valence-corrected chi connectivity index (χ4v) is 2.08. The van der Waals surface area contributed by atoms with Gasteiger partial charge in [-0.1, -0.05) is 30.3 Å². The first-order valence-corrected chi connectivity index (χ1v) is 6.75. The zero-order valence-electron chi connectivity index (χ0n) is 11.9. The maximum absolute atomic E-state index is 11.4. The maximum Gasteiger partial charge on any atom is 0.311 e. The fraction of sp³-hybridized carbons (Fsp3) is 0.235. The van der Waals surface area contributed by atoms with E-state index in [9.17, 15) is 9.90 Å². The van der Waals surface area contributed by atoms with Crippen molar-refractivity contribution < 1.29 is 19.4 Å². The number of methoxy groups -OCH3 is 1. The number of carboxylic acids is 1. The van der Waals surface area contributed by atoms with Gasteiger partial charge in [-0.2, -0.15) is 0 Å². The number of carboxylic acid groups (broad SMARTS) is 1. The molecule has 2 aromatic rings. The predicted octanol–water partition coefficient (Wildman–Crippen LogP) is 3.33. The number of carbonyl (C=O) groups is 1. The molecule has 2 aromatic carbocycles. The van der Waals surface area contributed by atoms with E-state index >= 15 is 0 Å². The van der Waals surface area contributed by atoms with Crippen molar-refractivity contribution in [2.75, 3.05) is 13.7 Å². The molecule has 4 nitrogen and oxygen atoms in total. The van der Waals surface area contributed by atoms with Gasteiger partial charge in [-0.15, -0.1) is 0 Å². The van der Waals surface area contributed by atoms with E-state index in [0.29, 0.717) is 18.8 Å². The van der Waals surface area contributed by atoms with E-state index in [1.165, 1.54) is 0 Å². The highest BCUT2D eigenvalue weighted by molar-refractivity contribution is 5.76. The summed E-state index contributed by atoms with van der Waals surface area (Å²) in [6.07, 6.45) is 0.422. The van der Waals surface area contributed by atoms with Crippen LogP contribution in [0, 0.1) is 0 Å². The lowest BCUT2D eigenvalue weighted by Crippen LogP contribution is -2.15. The van der Waals surface area contributed by atoms with Gasteiger partial charge in [0.1, 0.15) is 11.5 Å². The van der Waals surface area contributed by atoms with Gasteiger partial charge in [0, 0.05) is 0 Å². The normalized spacial score (nSPS) is 11.7. The van der Waals surface area contributed by atoms with Crippen LogP contribution in [0.2, 0.25) is 0 Å². The van der Waals surface area contributed by atoms with Crippen LogP contribution in [0.1, 0.15) is 17.9 Å². The first kappa shape index (κ1) is 14.9. The fourth-order valence-electron chi connectivity index (χ4n) is 2.08. The zero-order chi connectivity index (χ0) is 15.1. The Morgan fingerprint density at radius 1 is 1.05 bits per heavy atom. The monoisotopic (exact) mass is 286 g/mol. The Morgan fingerprint density at radius 3 is 2.24 bits per heavy atom. The molecule has 0 aliphatic carbocycles. The van der Waals surface area contributed by atoms with E-state index in [2.05, 4.69) is 0 Å². The number of aliphatic carboxylic acids is 1. The minimum atomic E-state index is -0.834. The first-order valence-electron chi connectivity index (χ1n) is 6.75. The molecule has 1 unspecified atom stereocenters. The van der Waals surface area contributed by atoms with Crippen molar-refractivity contribution in [3.8, 4) is 11.5 Å². The molecule has 110 valence electrons. The van der Waals surface area contributed by atoms with E-state index < -0.39 is 11.9 Å². The smallest absolute Gasteiger partial charge is 0.311 e. The molecule has 2 rings (SSSR count). The van der Waals surface area contributed by atoms with Crippen molar-refractivity contribution in [3.05, 3.63) is 60.2 Å². The third-order valence-electron chi connectivity index (χ3n) is 3.23. The zero-order valence-corrected chi connectivity index (χ0v) is 11.9. The number of benzene rings is 2. The lowest BCUT2D eigenvalue weighted by Gasteiger charge is -2.13. The molecule has 0 aliphatic heterocycles. The molecule has 0 bridgehead atoms. The molecular formula is C17H18O4. The third-order valence-corrected chi connectivity index (χ3v) is 3.23. The number of hydrogen-bond acceptors (Lipinski definition) is 3. The summed E-state index contributed by atoms with van der Waals surface area (Å²) in [5.41, 5.74) is 0.795. The Morgan fingerprint density at radius 2 is 1.67 bits per heavy atom. The highest BCUT2D eigenvalue weighted by Crippen LogP contribution is 2.21. The topological polar surface area (TPSA) is 55.8 Å². The van der Waals surface area contributed by atoms with Crippen molar-refractivity contribution in [2.45, 2.75) is 12.3 Å². The van der Waals surface area contributed by atoms with Crippen LogP contribution in [0.25, 0.3) is 0 Å². The molecular weight excluding hydrogens is 268 g/mol. The molecule has 21 heavy (non-hydrogen) atoms. The van der Waals surface area contributed by atoms with Gasteiger partial charge in [-0.25, -0.2) is 0 Å². The summed E-state index contributed by atoms with van der Waals surface area (Å²) in [4.78, 5) is 11.4. The summed E-state index contributed by atoms with van der Waals surface area (Å²) in [5, 5.41) is 9.32. The molecule has 0 aliphatic rings. The highest BCUT2D eigenvalue weighted by Gasteiger charge is 2.19. The molecule has 0 heterocycles. The molecule has 0 aromatic heterocycles. The van der Waals surface area contributed by atoms with Crippen molar-refractivity contribution in [2.24, 2.45) is 0 Å². The molecule has 0 fully saturated rings. The van der Waals surface area contributed by atoms with Crippen molar-refractivity contribution in [1.29, 1.82) is 0 Å². The second kappa shape index (κ2) is 7.33. The summed E-state index contributed by atoms with van der Waals surface area (Å²) in [7, 11) is 1.60. The number of ether oxygens (including phenoxy) is 2. The second-order valence-corrected chi connectivity index (χ2v) is 4.61. The first-order chi connectivity index (χ1) is 10.2. The van der Waals surface area contributed by atoms with Crippen molar-refractivity contribution >= 4 is 5.97 Å². The Balaban J connectivity index is 1.92. The summed E-state index contributed by atoms with van der Waals surface area (Å²) >= 11 is 0. The maximum atomic E-state index is 11.4. The van der Waals surface area contributed by atoms with Crippen LogP contribution >= 0.6 is 0 Å². The van der Waals surface area contributed by atoms with Gasteiger partial charge in [0.25, 0.3) is 0 Å². The van der Waals surface area contributed by atoms with Crippen LogP contribution in [0.5, 0.6) is 11.5 Å². The lowest BCUT2D eigenvalue weighted by molar-refractivity contribution is -0.139. The van der Waals surface area contributed by atoms with Crippen LogP contribution in [0.15, 0.2) is 54.6 Å². The van der Waals surface area contributed by atoms with Gasteiger partial charge >= 0.3 is 5.97 Å². The standard InChI is InChI=1S/C17H18O4/c1-20-14-7-9-15(10-8-14)21-12-11-16(17(18)19)13-5-3-2-4-6-13/h2-10,16H,11-12H2,1H3,(H,18,19). The molecule has 0 saturated carbocycles. The third kappa shape index (κ3) is 4.24. The Kier molecular flexibility index (Phi) is 5.21. The van der Waals surface area contributed by atoms with E-state index in [1.807, 2.05) is 30.3 Å². The van der Waals surface area contributed by atoms with Crippen LogP contribution < -0.4 is 9.47 Å². The predicted molar refractivity (Wildman–Crippen MR) is 79.9 cm³/mol. The SMILES string of the molecule is COc1ccc(OCCC(C(=O)O)c2ccccc2)cc1. The van der Waals surface area contributed by atoms with E-state index in [-0.39, 0.29) is 0 Å². The van der Waals surface area contributed by atoms with Crippen molar-refractivity contribution in [1.82, 2.24) is 0 Å². The van der Waals surface area contributed by atoms with Crippen LogP contribution in [0.3, 0.4) is 0 Å². The summed E-state index contributed by atoms with van der Waals surface area (Å²) in [5.74, 6) is 0.0760. The largest absolute Gasteiger partial charge is 0.497 e. The Hall–Kier alpha value is -2.49. The number of rotatable bonds is 7. The average Bonchev–Trinajstić information content (AvgIpc) is 2.52. The highest BCUT2D eigenvalue weighted by atomic mass is 16.5. The van der Waals surface area contributed by atoms with Gasteiger partial charge in [0.2, 0.25) is 0 Å². The Labute approximate surface area is 123 Å². The van der Waals surface area contributed by atoms with E-state index in [0.717, 1.165) is 11.3 Å². The van der Waals surface area contributed by atoms with E-state index in [4.69, 9.17) is 9.47 Å². The van der Waals surface area contributed by atoms with Gasteiger partial charge in [-0.05, 0) is 36.2 Å². The van der Waals surface area contributed by atoms with Crippen LogP contribution in [-0.2, 0) is 4.79 Å². The summed E-state index contributed by atoms with van der Waals surface area (Å²) < 4.78 is 10.7. The Bertz CT molecular complexity index is 563.